The van der Waals surface area contributed by atoms with Crippen molar-refractivity contribution in [3.63, 3.8) is 0 Å². The number of amides is 1. The van der Waals surface area contributed by atoms with Crippen LogP contribution >= 0.6 is 0 Å². The third kappa shape index (κ3) is 8.03. The van der Waals surface area contributed by atoms with E-state index in [0.29, 0.717) is 12.1 Å². The molecule has 210 valence electrons. The molecule has 1 heterocycles. The van der Waals surface area contributed by atoms with E-state index in [9.17, 15) is 9.59 Å². The predicted molar refractivity (Wildman–Crippen MR) is 155 cm³/mol. The third-order valence-electron chi connectivity index (χ3n) is 6.32. The second-order valence-corrected chi connectivity index (χ2v) is 15.9. The van der Waals surface area contributed by atoms with Gasteiger partial charge in [0, 0.05) is 12.6 Å². The van der Waals surface area contributed by atoms with E-state index < -0.39 is 26.1 Å². The van der Waals surface area contributed by atoms with Crippen LogP contribution in [0, 0.1) is 0 Å². The minimum Gasteiger partial charge on any atom is -0.468 e. The summed E-state index contributed by atoms with van der Waals surface area (Å²) in [6.45, 7) is 12.4. The maximum Gasteiger partial charge on any atom is 0.407 e. The zero-order valence-corrected chi connectivity index (χ0v) is 25.1. The first kappa shape index (κ1) is 30.1. The lowest BCUT2D eigenvalue weighted by molar-refractivity contribution is -0.141. The van der Waals surface area contributed by atoms with Crippen LogP contribution in [-0.4, -0.2) is 55.3 Å². The van der Waals surface area contributed by atoms with Gasteiger partial charge in [0.2, 0.25) is 0 Å². The highest BCUT2D eigenvalue weighted by atomic mass is 28.4. The smallest absolute Gasteiger partial charge is 0.407 e. The Labute approximate surface area is 232 Å². The normalized spacial score (nSPS) is 13.0. The summed E-state index contributed by atoms with van der Waals surface area (Å²) in [5.74, 6) is -0.364. The molecule has 3 rings (SSSR count). The van der Waals surface area contributed by atoms with Crippen LogP contribution in [-0.2, 0) is 31.7 Å². The van der Waals surface area contributed by atoms with Crippen LogP contribution in [0.1, 0.15) is 47.2 Å². The van der Waals surface area contributed by atoms with Crippen LogP contribution in [0.2, 0.25) is 5.04 Å². The molecule has 0 saturated carbocycles. The number of esters is 1. The van der Waals surface area contributed by atoms with Gasteiger partial charge in [-0.05, 0) is 36.2 Å². The maximum absolute atomic E-state index is 12.8. The Morgan fingerprint density at radius 2 is 1.51 bits per heavy atom. The molecule has 1 aromatic heterocycles. The molecule has 0 spiro atoms. The van der Waals surface area contributed by atoms with Gasteiger partial charge in [-0.3, -0.25) is 4.79 Å². The number of nitrogens with zero attached hydrogens (tertiary/aromatic N) is 2. The van der Waals surface area contributed by atoms with Gasteiger partial charge in [-0.1, -0.05) is 81.4 Å². The van der Waals surface area contributed by atoms with Crippen LogP contribution in [0.25, 0.3) is 0 Å². The number of rotatable bonds is 10. The van der Waals surface area contributed by atoms with Crippen molar-refractivity contribution in [1.82, 2.24) is 14.9 Å². The maximum atomic E-state index is 12.8. The number of imidazole rings is 1. The molecule has 0 radical (unpaired) electrons. The summed E-state index contributed by atoms with van der Waals surface area (Å²) in [6.07, 6.45) is 3.24. The molecule has 1 atom stereocenters. The Kier molecular flexibility index (Phi) is 9.74. The van der Waals surface area contributed by atoms with Crippen LogP contribution in [0.5, 0.6) is 0 Å². The van der Waals surface area contributed by atoms with Crippen molar-refractivity contribution in [2.45, 2.75) is 71.2 Å². The number of carbonyl (C=O) groups excluding carboxylic acids is 2. The largest absolute Gasteiger partial charge is 0.468 e. The minimum absolute atomic E-state index is 0.0617. The molecule has 0 saturated heterocycles. The molecule has 1 N–H and O–H groups in total. The van der Waals surface area contributed by atoms with Gasteiger partial charge in [0.15, 0.2) is 0 Å². The SMILES string of the molecule is COC(=O)Cn1cnc(C[C@@H](CO[Si](c2ccccc2)(c2ccccc2)C(C)(C)C)NC(=O)OC(C)(C)C)c1. The average Bonchev–Trinajstić information content (AvgIpc) is 3.30. The van der Waals surface area contributed by atoms with Crippen LogP contribution in [0.4, 0.5) is 4.79 Å². The molecular weight excluding hydrogens is 510 g/mol. The molecule has 0 bridgehead atoms. The number of alkyl carbamates (subject to hydrolysis) is 1. The van der Waals surface area contributed by atoms with Gasteiger partial charge in [-0.15, -0.1) is 0 Å². The number of aromatic nitrogens is 2. The topological polar surface area (TPSA) is 91.7 Å². The first-order valence-electron chi connectivity index (χ1n) is 13.2. The Balaban J connectivity index is 1.96. The molecule has 39 heavy (non-hydrogen) atoms. The Bertz CT molecular complexity index is 1180. The standard InChI is InChI=1S/C30H41N3O5Si/c1-29(2,3)38-28(35)32-24(18-23-19-33(22-31-23)20-27(34)36-7)21-37-39(30(4,5)6,25-14-10-8-11-15-25)26-16-12-9-13-17-26/h8-17,19,22,24H,18,20-21H2,1-7H3,(H,32,35)/t24-/m0/s1. The van der Waals surface area contributed by atoms with Crippen molar-refractivity contribution in [3.8, 4) is 0 Å². The highest BCUT2D eigenvalue weighted by Gasteiger charge is 2.50. The van der Waals surface area contributed by atoms with E-state index >= 15 is 0 Å². The Morgan fingerprint density at radius 1 is 0.949 bits per heavy atom. The number of hydrogen-bond donors (Lipinski definition) is 1. The van der Waals surface area contributed by atoms with E-state index in [-0.39, 0.29) is 24.2 Å². The van der Waals surface area contributed by atoms with Gasteiger partial charge in [0.25, 0.3) is 8.32 Å². The Morgan fingerprint density at radius 3 is 2.00 bits per heavy atom. The molecule has 0 fully saturated rings. The fourth-order valence-corrected chi connectivity index (χ4v) is 9.28. The number of ether oxygens (including phenoxy) is 2. The molecule has 2 aromatic carbocycles. The van der Waals surface area contributed by atoms with Crippen molar-refractivity contribution in [2.24, 2.45) is 0 Å². The molecule has 1 amide bonds. The van der Waals surface area contributed by atoms with E-state index in [0.717, 1.165) is 10.4 Å². The summed E-state index contributed by atoms with van der Waals surface area (Å²) in [5, 5.41) is 5.10. The summed E-state index contributed by atoms with van der Waals surface area (Å²) < 4.78 is 19.1. The van der Waals surface area contributed by atoms with Crippen molar-refractivity contribution < 1.29 is 23.5 Å². The molecule has 0 aliphatic rings. The van der Waals surface area contributed by atoms with E-state index in [2.05, 4.69) is 55.3 Å². The van der Waals surface area contributed by atoms with E-state index in [1.807, 2.05) is 57.2 Å². The number of methoxy groups -OCH3 is 1. The zero-order chi connectivity index (χ0) is 28.7. The van der Waals surface area contributed by atoms with Gasteiger partial charge in [0.1, 0.15) is 12.1 Å². The van der Waals surface area contributed by atoms with Crippen molar-refractivity contribution in [3.05, 3.63) is 78.9 Å². The fraction of sp³-hybridized carbons (Fsp3) is 0.433. The quantitative estimate of drug-likeness (QED) is 0.302. The van der Waals surface area contributed by atoms with Gasteiger partial charge < -0.3 is 23.8 Å². The molecule has 0 unspecified atom stereocenters. The monoisotopic (exact) mass is 551 g/mol. The summed E-state index contributed by atoms with van der Waals surface area (Å²) >= 11 is 0. The second-order valence-electron chi connectivity index (χ2n) is 11.6. The van der Waals surface area contributed by atoms with Crippen molar-refractivity contribution in [2.75, 3.05) is 13.7 Å². The minimum atomic E-state index is -2.83. The number of carbonyl (C=O) groups is 2. The van der Waals surface area contributed by atoms with Crippen LogP contribution < -0.4 is 15.7 Å². The van der Waals surface area contributed by atoms with E-state index in [1.54, 1.807) is 17.1 Å². The van der Waals surface area contributed by atoms with Gasteiger partial charge >= 0.3 is 12.1 Å². The highest BCUT2D eigenvalue weighted by molar-refractivity contribution is 6.99. The lowest BCUT2D eigenvalue weighted by atomic mass is 10.2. The first-order valence-corrected chi connectivity index (χ1v) is 15.1. The molecule has 8 nitrogen and oxygen atoms in total. The van der Waals surface area contributed by atoms with Gasteiger partial charge in [-0.25, -0.2) is 9.78 Å². The summed E-state index contributed by atoms with van der Waals surface area (Å²) in [4.78, 5) is 29.0. The lowest BCUT2D eigenvalue weighted by Crippen LogP contribution is -2.67. The summed E-state index contributed by atoms with van der Waals surface area (Å²) in [7, 11) is -1.48. The molecule has 0 aliphatic heterocycles. The predicted octanol–water partition coefficient (Wildman–Crippen LogP) is 4.07. The van der Waals surface area contributed by atoms with Crippen LogP contribution in [0.15, 0.2) is 73.2 Å². The Hall–Kier alpha value is -3.43. The number of hydrogen-bond acceptors (Lipinski definition) is 6. The molecular formula is C30H41N3O5Si. The van der Waals surface area contributed by atoms with E-state index in [1.165, 1.54) is 7.11 Å². The first-order chi connectivity index (χ1) is 18.3. The summed E-state index contributed by atoms with van der Waals surface area (Å²) in [6, 6.07) is 20.3. The van der Waals surface area contributed by atoms with Crippen molar-refractivity contribution >= 4 is 30.8 Å². The fourth-order valence-electron chi connectivity index (χ4n) is 4.68. The van der Waals surface area contributed by atoms with Gasteiger partial charge in [0.05, 0.1) is 31.8 Å². The zero-order valence-electron chi connectivity index (χ0n) is 24.1. The molecule has 3 aromatic rings. The van der Waals surface area contributed by atoms with Gasteiger partial charge in [-0.2, -0.15) is 0 Å². The van der Waals surface area contributed by atoms with Crippen LogP contribution in [0.3, 0.4) is 0 Å². The second kappa shape index (κ2) is 12.6. The number of benzene rings is 2. The van der Waals surface area contributed by atoms with E-state index in [4.69, 9.17) is 13.9 Å². The lowest BCUT2D eigenvalue weighted by Gasteiger charge is -2.43. The number of nitrogens with one attached hydrogen (secondary N) is 1. The molecule has 0 aliphatic carbocycles. The third-order valence-corrected chi connectivity index (χ3v) is 11.3. The molecule has 9 heteroatoms. The summed E-state index contributed by atoms with van der Waals surface area (Å²) in [5.41, 5.74) is 0.0706. The van der Waals surface area contributed by atoms with Crippen molar-refractivity contribution in [1.29, 1.82) is 0 Å². The average molecular weight is 552 g/mol. The highest BCUT2D eigenvalue weighted by Crippen LogP contribution is 2.36.